The highest BCUT2D eigenvalue weighted by Crippen LogP contribution is 2.35. The first kappa shape index (κ1) is 24.7. The summed E-state index contributed by atoms with van der Waals surface area (Å²) in [5.74, 6) is 0.795. The Morgan fingerprint density at radius 2 is 1.78 bits per heavy atom. The number of hydrogen-bond donors (Lipinski definition) is 1. The number of anilines is 1. The molecular formula is C30H38ClN5O. The Hall–Kier alpha value is -2.57. The smallest absolute Gasteiger partial charge is 0.270 e. The molecule has 1 N–H and O–H groups in total. The quantitative estimate of drug-likeness (QED) is 0.434. The number of imidazole rings is 1. The number of carbonyl (C=O) groups is 1. The second-order valence-corrected chi connectivity index (χ2v) is 11.6. The topological polar surface area (TPSA) is 52.9 Å². The molecule has 7 heteroatoms. The fraction of sp³-hybridized carbons (Fsp3) is 0.533. The summed E-state index contributed by atoms with van der Waals surface area (Å²) >= 11 is 6.19. The van der Waals surface area contributed by atoms with Gasteiger partial charge in [0.25, 0.3) is 5.91 Å². The number of nitrogens with zero attached hydrogens (tertiary/aromatic N) is 4. The number of aryl methyl sites for hydroxylation is 1. The van der Waals surface area contributed by atoms with Crippen molar-refractivity contribution < 1.29 is 4.79 Å². The van der Waals surface area contributed by atoms with Gasteiger partial charge in [-0.3, -0.25) is 14.1 Å². The van der Waals surface area contributed by atoms with Crippen LogP contribution in [-0.4, -0.2) is 51.9 Å². The van der Waals surface area contributed by atoms with Crippen LogP contribution in [0.4, 0.5) is 5.69 Å². The molecule has 3 aromatic rings. The number of benzene rings is 1. The summed E-state index contributed by atoms with van der Waals surface area (Å²) < 4.78 is 1.79. The lowest BCUT2D eigenvalue weighted by molar-refractivity contribution is 0.0721. The van der Waals surface area contributed by atoms with Gasteiger partial charge in [-0.05, 0) is 67.9 Å². The zero-order valence-electron chi connectivity index (χ0n) is 21.8. The van der Waals surface area contributed by atoms with Crippen LogP contribution in [-0.2, 0) is 13.0 Å². The minimum absolute atomic E-state index is 0.123. The van der Waals surface area contributed by atoms with Gasteiger partial charge in [0.1, 0.15) is 11.3 Å². The van der Waals surface area contributed by atoms with Crippen molar-refractivity contribution in [2.75, 3.05) is 24.5 Å². The van der Waals surface area contributed by atoms with Gasteiger partial charge in [0.2, 0.25) is 0 Å². The predicted octanol–water partition coefficient (Wildman–Crippen LogP) is 5.71. The normalized spacial score (nSPS) is 22.6. The average molecular weight is 520 g/mol. The van der Waals surface area contributed by atoms with Crippen LogP contribution in [0.1, 0.15) is 73.6 Å². The lowest BCUT2D eigenvalue weighted by atomic mass is 9.85. The standard InChI is InChI=1S/C30H38ClN5O/c1-2-27-29(36-18-23(31)10-15-28(36)33-27)30(37)32-16-21-8-11-24(12-9-21)35-20-25-13-14-26(35)19-34(25)17-22-6-4-3-5-7-22/h8-12,15,18,22,25-26H,2-7,13-14,16-17,19-20H2,1H3,(H,32,37). The van der Waals surface area contributed by atoms with Crippen molar-refractivity contribution in [3.63, 3.8) is 0 Å². The largest absolute Gasteiger partial charge is 0.366 e. The van der Waals surface area contributed by atoms with Gasteiger partial charge >= 0.3 is 0 Å². The van der Waals surface area contributed by atoms with E-state index in [9.17, 15) is 4.79 Å². The van der Waals surface area contributed by atoms with Crippen LogP contribution in [0.15, 0.2) is 42.6 Å². The Morgan fingerprint density at radius 1 is 1.00 bits per heavy atom. The highest BCUT2D eigenvalue weighted by Gasteiger charge is 2.39. The Balaban J connectivity index is 1.08. The highest BCUT2D eigenvalue weighted by molar-refractivity contribution is 6.30. The van der Waals surface area contributed by atoms with Gasteiger partial charge in [0.15, 0.2) is 0 Å². The molecule has 2 atom stereocenters. The second kappa shape index (κ2) is 10.7. The number of halogens is 1. The van der Waals surface area contributed by atoms with E-state index < -0.39 is 0 Å². The van der Waals surface area contributed by atoms with Crippen molar-refractivity contribution in [3.8, 4) is 0 Å². The molecule has 1 amide bonds. The SMILES string of the molecule is CCc1nc2ccc(Cl)cn2c1C(=O)NCc1ccc(N2CC3CCC2CN3CC2CCCCC2)cc1. The zero-order chi connectivity index (χ0) is 25.4. The number of nitrogens with one attached hydrogen (secondary N) is 1. The monoisotopic (exact) mass is 519 g/mol. The van der Waals surface area contributed by atoms with E-state index in [0.29, 0.717) is 35.8 Å². The van der Waals surface area contributed by atoms with E-state index in [4.69, 9.17) is 11.6 Å². The molecule has 7 rings (SSSR count). The molecule has 37 heavy (non-hydrogen) atoms. The third-order valence-corrected chi connectivity index (χ3v) is 9.01. The molecule has 3 saturated heterocycles. The van der Waals surface area contributed by atoms with Crippen LogP contribution in [0.25, 0.3) is 5.65 Å². The van der Waals surface area contributed by atoms with Crippen LogP contribution in [0.5, 0.6) is 0 Å². The lowest BCUT2D eigenvalue weighted by Gasteiger charge is -2.53. The number of hydrogen-bond acceptors (Lipinski definition) is 4. The third kappa shape index (κ3) is 5.10. The Kier molecular flexibility index (Phi) is 7.13. The zero-order valence-corrected chi connectivity index (χ0v) is 22.6. The Morgan fingerprint density at radius 3 is 2.51 bits per heavy atom. The maximum atomic E-state index is 13.1. The molecule has 5 heterocycles. The van der Waals surface area contributed by atoms with Crippen LogP contribution in [0, 0.1) is 5.92 Å². The second-order valence-electron chi connectivity index (χ2n) is 11.2. The van der Waals surface area contributed by atoms with E-state index in [1.54, 1.807) is 16.7 Å². The van der Waals surface area contributed by atoms with Gasteiger partial charge in [-0.25, -0.2) is 4.98 Å². The number of amides is 1. The highest BCUT2D eigenvalue weighted by atomic mass is 35.5. The summed E-state index contributed by atoms with van der Waals surface area (Å²) in [5.41, 5.74) is 4.50. The van der Waals surface area contributed by atoms with E-state index >= 15 is 0 Å². The van der Waals surface area contributed by atoms with Crippen molar-refractivity contribution in [1.29, 1.82) is 0 Å². The number of carbonyl (C=O) groups excluding carboxylic acids is 1. The van der Waals surface area contributed by atoms with Gasteiger partial charge in [0.05, 0.1) is 10.7 Å². The van der Waals surface area contributed by atoms with Crippen LogP contribution >= 0.6 is 11.6 Å². The van der Waals surface area contributed by atoms with Crippen molar-refractivity contribution in [2.45, 2.75) is 76.9 Å². The molecule has 3 aliphatic heterocycles. The molecule has 196 valence electrons. The Labute approximate surface area is 225 Å². The van der Waals surface area contributed by atoms with E-state index in [2.05, 4.69) is 44.4 Å². The minimum atomic E-state index is -0.123. The summed E-state index contributed by atoms with van der Waals surface area (Å²) in [5, 5.41) is 3.68. The molecule has 2 bridgehead atoms. The number of pyridine rings is 1. The molecule has 2 aromatic heterocycles. The van der Waals surface area contributed by atoms with Crippen molar-refractivity contribution in [1.82, 2.24) is 19.6 Å². The first-order chi connectivity index (χ1) is 18.1. The molecule has 2 unspecified atom stereocenters. The molecule has 0 radical (unpaired) electrons. The van der Waals surface area contributed by atoms with Gasteiger partial charge in [-0.15, -0.1) is 0 Å². The molecule has 0 spiro atoms. The average Bonchev–Trinajstić information content (AvgIpc) is 3.31. The van der Waals surface area contributed by atoms with Gasteiger partial charge in [-0.2, -0.15) is 0 Å². The molecule has 1 aromatic carbocycles. The fourth-order valence-electron chi connectivity index (χ4n) is 6.78. The summed E-state index contributed by atoms with van der Waals surface area (Å²) in [4.78, 5) is 23.2. The van der Waals surface area contributed by atoms with Gasteiger partial charge in [0, 0.05) is 50.1 Å². The lowest BCUT2D eigenvalue weighted by Crippen LogP contribution is -2.63. The molecular weight excluding hydrogens is 482 g/mol. The van der Waals surface area contributed by atoms with E-state index in [-0.39, 0.29) is 5.91 Å². The van der Waals surface area contributed by atoms with E-state index in [1.165, 1.54) is 63.7 Å². The molecule has 6 nitrogen and oxygen atoms in total. The minimum Gasteiger partial charge on any atom is -0.366 e. The predicted molar refractivity (Wildman–Crippen MR) is 149 cm³/mol. The third-order valence-electron chi connectivity index (χ3n) is 8.79. The summed E-state index contributed by atoms with van der Waals surface area (Å²) in [7, 11) is 0. The number of aromatic nitrogens is 2. The molecule has 1 saturated carbocycles. The van der Waals surface area contributed by atoms with Crippen LogP contribution < -0.4 is 10.2 Å². The number of rotatable bonds is 7. The maximum absolute atomic E-state index is 13.1. The number of piperidine rings is 2. The number of piperazine rings is 1. The molecule has 4 aliphatic rings. The van der Waals surface area contributed by atoms with Crippen molar-refractivity contribution in [2.24, 2.45) is 5.92 Å². The van der Waals surface area contributed by atoms with Crippen LogP contribution in [0.2, 0.25) is 5.02 Å². The summed E-state index contributed by atoms with van der Waals surface area (Å²) in [6.45, 7) is 6.16. The van der Waals surface area contributed by atoms with Crippen LogP contribution in [0.3, 0.4) is 0 Å². The van der Waals surface area contributed by atoms with Gasteiger partial charge < -0.3 is 10.2 Å². The summed E-state index contributed by atoms with van der Waals surface area (Å²) in [6.07, 6.45) is 12.2. The Bertz CT molecular complexity index is 1250. The summed E-state index contributed by atoms with van der Waals surface area (Å²) in [6, 6.07) is 13.7. The molecule has 4 fully saturated rings. The number of fused-ring (bicyclic) bond motifs is 4. The molecule has 1 aliphatic carbocycles. The van der Waals surface area contributed by atoms with E-state index in [0.717, 1.165) is 29.4 Å². The van der Waals surface area contributed by atoms with Crippen molar-refractivity contribution >= 4 is 28.8 Å². The van der Waals surface area contributed by atoms with E-state index in [1.807, 2.05) is 13.0 Å². The fourth-order valence-corrected chi connectivity index (χ4v) is 6.94. The van der Waals surface area contributed by atoms with Gasteiger partial charge in [-0.1, -0.05) is 49.9 Å². The van der Waals surface area contributed by atoms with Crippen molar-refractivity contribution in [3.05, 3.63) is 64.6 Å². The first-order valence-electron chi connectivity index (χ1n) is 14.1. The first-order valence-corrected chi connectivity index (χ1v) is 14.5. The maximum Gasteiger partial charge on any atom is 0.270 e.